The second-order valence-electron chi connectivity index (χ2n) is 6.47. The average molecular weight is 405 g/mol. The molecule has 0 fully saturated rings. The summed E-state index contributed by atoms with van der Waals surface area (Å²) in [5.74, 6) is 0.636. The maximum absolute atomic E-state index is 13.2. The molecule has 6 nitrogen and oxygen atoms in total. The van der Waals surface area contributed by atoms with Crippen molar-refractivity contribution >= 4 is 20.8 Å². The van der Waals surface area contributed by atoms with Crippen LogP contribution in [0.15, 0.2) is 94.9 Å². The molecule has 0 atom stereocenters. The van der Waals surface area contributed by atoms with Crippen molar-refractivity contribution in [2.24, 2.45) is 0 Å². The monoisotopic (exact) mass is 405 g/mol. The van der Waals surface area contributed by atoms with E-state index in [1.165, 1.54) is 10.4 Å². The first-order chi connectivity index (χ1) is 14.1. The standard InChI is InChI=1S/C22H19N3O3S/c1-2-14-25(16-21-23-22(24-28-21)18-9-4-3-5-10-18)29(26,27)20-13-12-17-8-6-7-11-19(17)15-20/h2-13,15H,1,14,16H2. The molecule has 0 aliphatic heterocycles. The van der Waals surface area contributed by atoms with Crippen LogP contribution in [0.2, 0.25) is 0 Å². The van der Waals surface area contributed by atoms with Crippen LogP contribution in [-0.2, 0) is 16.6 Å². The van der Waals surface area contributed by atoms with Gasteiger partial charge in [0.15, 0.2) is 0 Å². The van der Waals surface area contributed by atoms with Crippen molar-refractivity contribution in [2.45, 2.75) is 11.4 Å². The van der Waals surface area contributed by atoms with Gasteiger partial charge in [-0.3, -0.25) is 0 Å². The predicted molar refractivity (Wildman–Crippen MR) is 111 cm³/mol. The number of rotatable bonds is 7. The largest absolute Gasteiger partial charge is 0.338 e. The van der Waals surface area contributed by atoms with Crippen LogP contribution in [0.5, 0.6) is 0 Å². The number of hydrogen-bond acceptors (Lipinski definition) is 5. The molecule has 0 spiro atoms. The van der Waals surface area contributed by atoms with Gasteiger partial charge in [-0.25, -0.2) is 8.42 Å². The zero-order chi connectivity index (χ0) is 20.3. The van der Waals surface area contributed by atoms with E-state index in [1.54, 1.807) is 18.2 Å². The van der Waals surface area contributed by atoms with Gasteiger partial charge in [-0.2, -0.15) is 9.29 Å². The molecule has 3 aromatic carbocycles. The molecule has 0 saturated carbocycles. The van der Waals surface area contributed by atoms with Crippen molar-refractivity contribution < 1.29 is 12.9 Å². The van der Waals surface area contributed by atoms with Crippen molar-refractivity contribution in [3.05, 3.63) is 91.3 Å². The van der Waals surface area contributed by atoms with Gasteiger partial charge in [-0.15, -0.1) is 6.58 Å². The fourth-order valence-electron chi connectivity index (χ4n) is 3.04. The molecule has 1 aromatic heterocycles. The summed E-state index contributed by atoms with van der Waals surface area (Å²) in [6.45, 7) is 3.76. The summed E-state index contributed by atoms with van der Waals surface area (Å²) >= 11 is 0. The van der Waals surface area contributed by atoms with Crippen LogP contribution in [0.4, 0.5) is 0 Å². The van der Waals surface area contributed by atoms with Crippen molar-refractivity contribution in [3.8, 4) is 11.4 Å². The first-order valence-corrected chi connectivity index (χ1v) is 10.5. The van der Waals surface area contributed by atoms with Gasteiger partial charge in [0.05, 0.1) is 11.4 Å². The minimum absolute atomic E-state index is 0.0407. The van der Waals surface area contributed by atoms with Crippen molar-refractivity contribution in [3.63, 3.8) is 0 Å². The lowest BCUT2D eigenvalue weighted by Gasteiger charge is -2.19. The first kappa shape index (κ1) is 19.0. The quantitative estimate of drug-likeness (QED) is 0.429. The molecule has 0 amide bonds. The van der Waals surface area contributed by atoms with Crippen molar-refractivity contribution in [1.29, 1.82) is 0 Å². The summed E-state index contributed by atoms with van der Waals surface area (Å²) in [5, 5.41) is 5.80. The predicted octanol–water partition coefficient (Wildman–Crippen LogP) is 4.27. The lowest BCUT2D eigenvalue weighted by Crippen LogP contribution is -2.31. The van der Waals surface area contributed by atoms with Gasteiger partial charge >= 0.3 is 0 Å². The Morgan fingerprint density at radius 1 is 0.966 bits per heavy atom. The molecule has 4 rings (SSSR count). The maximum Gasteiger partial charge on any atom is 0.243 e. The van der Waals surface area contributed by atoms with Crippen LogP contribution >= 0.6 is 0 Å². The Kier molecular flexibility index (Phi) is 5.24. The maximum atomic E-state index is 13.2. The molecule has 0 radical (unpaired) electrons. The molecule has 1 heterocycles. The van der Waals surface area contributed by atoms with E-state index in [-0.39, 0.29) is 23.9 Å². The van der Waals surface area contributed by atoms with Crippen LogP contribution < -0.4 is 0 Å². The smallest absolute Gasteiger partial charge is 0.243 e. The SMILES string of the molecule is C=CCN(Cc1nc(-c2ccccc2)no1)S(=O)(=O)c1ccc2ccccc2c1. The van der Waals surface area contributed by atoms with Crippen LogP contribution in [0.3, 0.4) is 0 Å². The summed E-state index contributed by atoms with van der Waals surface area (Å²) in [6.07, 6.45) is 1.53. The van der Waals surface area contributed by atoms with Gasteiger partial charge in [0.25, 0.3) is 0 Å². The highest BCUT2D eigenvalue weighted by Crippen LogP contribution is 2.23. The second-order valence-corrected chi connectivity index (χ2v) is 8.41. The lowest BCUT2D eigenvalue weighted by atomic mass is 10.1. The summed E-state index contributed by atoms with van der Waals surface area (Å²) in [7, 11) is -3.77. The summed E-state index contributed by atoms with van der Waals surface area (Å²) in [6, 6.07) is 22.1. The van der Waals surface area contributed by atoms with E-state index < -0.39 is 10.0 Å². The highest BCUT2D eigenvalue weighted by molar-refractivity contribution is 7.89. The minimum atomic E-state index is -3.77. The number of nitrogens with zero attached hydrogens (tertiary/aromatic N) is 3. The zero-order valence-corrected chi connectivity index (χ0v) is 16.4. The minimum Gasteiger partial charge on any atom is -0.338 e. The van der Waals surface area contributed by atoms with Crippen LogP contribution in [0.25, 0.3) is 22.2 Å². The fraction of sp³-hybridized carbons (Fsp3) is 0.0909. The Morgan fingerprint density at radius 2 is 1.69 bits per heavy atom. The highest BCUT2D eigenvalue weighted by Gasteiger charge is 2.26. The topological polar surface area (TPSA) is 76.3 Å². The fourth-order valence-corrected chi connectivity index (χ4v) is 4.44. The molecule has 29 heavy (non-hydrogen) atoms. The Hall–Kier alpha value is -3.29. The average Bonchev–Trinajstić information content (AvgIpc) is 3.22. The van der Waals surface area contributed by atoms with E-state index in [4.69, 9.17) is 4.52 Å². The molecule has 0 unspecified atom stereocenters. The molecular weight excluding hydrogens is 386 g/mol. The van der Waals surface area contributed by atoms with Crippen LogP contribution in [-0.4, -0.2) is 29.4 Å². The van der Waals surface area contributed by atoms with E-state index in [0.717, 1.165) is 16.3 Å². The number of aromatic nitrogens is 2. The molecule has 0 saturated heterocycles. The second kappa shape index (κ2) is 7.98. The van der Waals surface area contributed by atoms with Crippen molar-refractivity contribution in [1.82, 2.24) is 14.4 Å². The van der Waals surface area contributed by atoms with E-state index in [0.29, 0.717) is 5.82 Å². The van der Waals surface area contributed by atoms with E-state index in [1.807, 2.05) is 54.6 Å². The zero-order valence-electron chi connectivity index (χ0n) is 15.6. The van der Waals surface area contributed by atoms with Crippen molar-refractivity contribution in [2.75, 3.05) is 6.54 Å². The number of fused-ring (bicyclic) bond motifs is 1. The molecule has 0 N–H and O–H groups in total. The number of sulfonamides is 1. The third-order valence-electron chi connectivity index (χ3n) is 4.50. The summed E-state index contributed by atoms with van der Waals surface area (Å²) < 4.78 is 33.0. The normalized spacial score (nSPS) is 11.8. The van der Waals surface area contributed by atoms with Gasteiger partial charge in [-0.1, -0.05) is 71.9 Å². The molecule has 0 aliphatic carbocycles. The third-order valence-corrected chi connectivity index (χ3v) is 6.31. The Balaban J connectivity index is 1.64. The molecule has 0 aliphatic rings. The lowest BCUT2D eigenvalue weighted by molar-refractivity contribution is 0.327. The third kappa shape index (κ3) is 3.96. The number of hydrogen-bond donors (Lipinski definition) is 0. The van der Waals surface area contributed by atoms with E-state index >= 15 is 0 Å². The van der Waals surface area contributed by atoms with Gasteiger partial charge in [0.2, 0.25) is 21.7 Å². The van der Waals surface area contributed by atoms with Crippen LogP contribution in [0, 0.1) is 0 Å². The Labute approximate surface area is 169 Å². The molecule has 7 heteroatoms. The molecular formula is C22H19N3O3S. The number of benzene rings is 3. The summed E-state index contributed by atoms with van der Waals surface area (Å²) in [4.78, 5) is 4.55. The van der Waals surface area contributed by atoms with Gasteiger partial charge < -0.3 is 4.52 Å². The van der Waals surface area contributed by atoms with Gasteiger partial charge in [0.1, 0.15) is 0 Å². The molecule has 4 aromatic rings. The Morgan fingerprint density at radius 3 is 2.45 bits per heavy atom. The first-order valence-electron chi connectivity index (χ1n) is 9.06. The molecule has 146 valence electrons. The van der Waals surface area contributed by atoms with Gasteiger partial charge in [-0.05, 0) is 22.9 Å². The van der Waals surface area contributed by atoms with E-state index in [2.05, 4.69) is 16.7 Å². The molecule has 0 bridgehead atoms. The van der Waals surface area contributed by atoms with Crippen LogP contribution in [0.1, 0.15) is 5.89 Å². The van der Waals surface area contributed by atoms with Gasteiger partial charge in [0, 0.05) is 12.1 Å². The Bertz CT molecular complexity index is 1250. The summed E-state index contributed by atoms with van der Waals surface area (Å²) in [5.41, 5.74) is 0.801. The van der Waals surface area contributed by atoms with E-state index in [9.17, 15) is 8.42 Å². The highest BCUT2D eigenvalue weighted by atomic mass is 32.2.